The molecule has 0 amide bonds. The molecule has 0 bridgehead atoms. The quantitative estimate of drug-likeness (QED) is 0.826. The fourth-order valence-electron chi connectivity index (χ4n) is 1.97. The van der Waals surface area contributed by atoms with Crippen LogP contribution in [0.1, 0.15) is 17.4 Å². The van der Waals surface area contributed by atoms with Crippen LogP contribution in [0.3, 0.4) is 0 Å². The summed E-state index contributed by atoms with van der Waals surface area (Å²) in [5, 5.41) is 0. The van der Waals surface area contributed by atoms with Gasteiger partial charge in [-0.05, 0) is 27.6 Å². The highest BCUT2D eigenvalue weighted by atomic mass is 79.9. The molecule has 0 radical (unpaired) electrons. The normalized spacial score (nSPS) is 12.0. The van der Waals surface area contributed by atoms with Gasteiger partial charge in [0, 0.05) is 24.5 Å². The van der Waals surface area contributed by atoms with Crippen LogP contribution in [0.25, 0.3) is 0 Å². The number of hydrogen-bond donors (Lipinski definition) is 1. The van der Waals surface area contributed by atoms with Crippen molar-refractivity contribution in [2.75, 3.05) is 6.54 Å². The lowest BCUT2D eigenvalue weighted by atomic mass is 10.2. The Morgan fingerprint density at radius 1 is 1.29 bits per heavy atom. The smallest absolute Gasteiger partial charge is 0.245 e. The number of rotatable bonds is 6. The molecule has 21 heavy (non-hydrogen) atoms. The SMILES string of the molecule is CCN(Cc1ccccc1)S(=O)(=O)c1cc(CN)sc1Br. The Labute approximate surface area is 137 Å². The van der Waals surface area contributed by atoms with E-state index in [1.807, 2.05) is 37.3 Å². The first-order valence-electron chi connectivity index (χ1n) is 6.51. The van der Waals surface area contributed by atoms with Gasteiger partial charge in [0.1, 0.15) is 4.90 Å². The molecule has 0 saturated heterocycles. The molecule has 2 rings (SSSR count). The Bertz CT molecular complexity index is 699. The van der Waals surface area contributed by atoms with Crippen LogP contribution in [0.4, 0.5) is 0 Å². The third-order valence-corrected chi connectivity index (χ3v) is 7.28. The summed E-state index contributed by atoms with van der Waals surface area (Å²) in [6, 6.07) is 11.2. The van der Waals surface area contributed by atoms with Crippen LogP contribution in [0.5, 0.6) is 0 Å². The molecule has 2 N–H and O–H groups in total. The van der Waals surface area contributed by atoms with Crippen molar-refractivity contribution < 1.29 is 8.42 Å². The van der Waals surface area contributed by atoms with Gasteiger partial charge in [-0.3, -0.25) is 0 Å². The highest BCUT2D eigenvalue weighted by Gasteiger charge is 2.27. The van der Waals surface area contributed by atoms with E-state index < -0.39 is 10.0 Å². The lowest BCUT2D eigenvalue weighted by Gasteiger charge is -2.20. The number of nitrogens with zero attached hydrogens (tertiary/aromatic N) is 1. The van der Waals surface area contributed by atoms with Crippen molar-refractivity contribution in [3.8, 4) is 0 Å². The zero-order chi connectivity index (χ0) is 15.5. The molecule has 0 fully saturated rings. The van der Waals surface area contributed by atoms with Crippen molar-refractivity contribution in [1.82, 2.24) is 4.31 Å². The number of hydrogen-bond acceptors (Lipinski definition) is 4. The van der Waals surface area contributed by atoms with Gasteiger partial charge in [-0.15, -0.1) is 11.3 Å². The molecule has 0 spiro atoms. The number of benzene rings is 1. The first-order chi connectivity index (χ1) is 9.98. The Morgan fingerprint density at radius 3 is 2.48 bits per heavy atom. The molecule has 0 aliphatic heterocycles. The minimum Gasteiger partial charge on any atom is -0.326 e. The van der Waals surface area contributed by atoms with Crippen LogP contribution in [-0.4, -0.2) is 19.3 Å². The highest BCUT2D eigenvalue weighted by molar-refractivity contribution is 9.11. The molecular weight excluding hydrogens is 372 g/mol. The summed E-state index contributed by atoms with van der Waals surface area (Å²) in [7, 11) is -3.53. The molecule has 0 aliphatic carbocycles. The maximum Gasteiger partial charge on any atom is 0.245 e. The van der Waals surface area contributed by atoms with Crippen LogP contribution in [0.15, 0.2) is 45.1 Å². The second-order valence-corrected chi connectivity index (χ2v) is 8.83. The van der Waals surface area contributed by atoms with Gasteiger partial charge in [-0.1, -0.05) is 37.3 Å². The highest BCUT2D eigenvalue weighted by Crippen LogP contribution is 2.33. The second kappa shape index (κ2) is 7.02. The first kappa shape index (κ1) is 16.6. The van der Waals surface area contributed by atoms with E-state index in [4.69, 9.17) is 5.73 Å². The summed E-state index contributed by atoms with van der Waals surface area (Å²) in [5.74, 6) is 0. The van der Waals surface area contributed by atoms with Crippen LogP contribution in [0.2, 0.25) is 0 Å². The minimum absolute atomic E-state index is 0.297. The fraction of sp³-hybridized carbons (Fsp3) is 0.286. The average Bonchev–Trinajstić information content (AvgIpc) is 2.87. The molecule has 1 aromatic heterocycles. The molecule has 0 atom stereocenters. The summed E-state index contributed by atoms with van der Waals surface area (Å²) in [4.78, 5) is 1.14. The third-order valence-electron chi connectivity index (χ3n) is 3.08. The second-order valence-electron chi connectivity index (χ2n) is 4.47. The maximum absolute atomic E-state index is 12.8. The van der Waals surface area contributed by atoms with Crippen molar-refractivity contribution in [1.29, 1.82) is 0 Å². The largest absolute Gasteiger partial charge is 0.326 e. The summed E-state index contributed by atoms with van der Waals surface area (Å²) in [6.07, 6.45) is 0. The summed E-state index contributed by atoms with van der Waals surface area (Å²) in [5.41, 5.74) is 6.55. The van der Waals surface area contributed by atoms with Gasteiger partial charge in [0.05, 0.1) is 3.79 Å². The molecule has 1 heterocycles. The maximum atomic E-state index is 12.8. The fourth-order valence-corrected chi connectivity index (χ4v) is 5.92. The topological polar surface area (TPSA) is 63.4 Å². The van der Waals surface area contributed by atoms with Crippen molar-refractivity contribution in [3.63, 3.8) is 0 Å². The molecule has 2 aromatic rings. The summed E-state index contributed by atoms with van der Waals surface area (Å²) >= 11 is 4.70. The van der Waals surface area contributed by atoms with Crippen molar-refractivity contribution in [3.05, 3.63) is 50.6 Å². The Kier molecular flexibility index (Phi) is 5.56. The first-order valence-corrected chi connectivity index (χ1v) is 9.56. The molecule has 1 aromatic carbocycles. The van der Waals surface area contributed by atoms with Gasteiger partial charge in [-0.25, -0.2) is 8.42 Å². The van der Waals surface area contributed by atoms with Crippen LogP contribution < -0.4 is 5.73 Å². The molecule has 114 valence electrons. The van der Waals surface area contributed by atoms with Gasteiger partial charge in [0.25, 0.3) is 0 Å². The van der Waals surface area contributed by atoms with E-state index in [0.29, 0.717) is 28.3 Å². The van der Waals surface area contributed by atoms with E-state index in [9.17, 15) is 8.42 Å². The zero-order valence-electron chi connectivity index (χ0n) is 11.6. The monoisotopic (exact) mass is 388 g/mol. The molecule has 4 nitrogen and oxygen atoms in total. The van der Waals surface area contributed by atoms with Crippen molar-refractivity contribution in [2.45, 2.75) is 24.9 Å². The van der Waals surface area contributed by atoms with Crippen LogP contribution >= 0.6 is 27.3 Å². The minimum atomic E-state index is -3.53. The van der Waals surface area contributed by atoms with Crippen molar-refractivity contribution in [2.24, 2.45) is 5.73 Å². The molecule has 0 saturated carbocycles. The van der Waals surface area contributed by atoms with E-state index in [1.54, 1.807) is 6.07 Å². The Hall–Kier alpha value is -0.730. The van der Waals surface area contributed by atoms with Gasteiger partial charge >= 0.3 is 0 Å². The lowest BCUT2D eigenvalue weighted by molar-refractivity contribution is 0.423. The third kappa shape index (κ3) is 3.73. The average molecular weight is 389 g/mol. The van der Waals surface area contributed by atoms with Crippen molar-refractivity contribution >= 4 is 37.3 Å². The summed E-state index contributed by atoms with van der Waals surface area (Å²) < 4.78 is 27.6. The Morgan fingerprint density at radius 2 is 1.95 bits per heavy atom. The van der Waals surface area contributed by atoms with E-state index in [1.165, 1.54) is 15.6 Å². The Balaban J connectivity index is 2.33. The van der Waals surface area contributed by atoms with Gasteiger partial charge in [0.15, 0.2) is 0 Å². The molecular formula is C14H17BrN2O2S2. The van der Waals surface area contributed by atoms with E-state index in [-0.39, 0.29) is 0 Å². The summed E-state index contributed by atoms with van der Waals surface area (Å²) in [6.45, 7) is 2.95. The standard InChI is InChI=1S/C14H17BrN2O2S2/c1-2-17(10-11-6-4-3-5-7-11)21(18,19)13-8-12(9-16)20-14(13)15/h3-8H,2,9-10,16H2,1H3. The van der Waals surface area contributed by atoms with Crippen LogP contribution in [-0.2, 0) is 23.1 Å². The van der Waals surface area contributed by atoms with Gasteiger partial charge < -0.3 is 5.73 Å². The predicted molar refractivity (Wildman–Crippen MR) is 89.6 cm³/mol. The number of nitrogens with two attached hydrogens (primary N) is 1. The van der Waals surface area contributed by atoms with E-state index in [0.717, 1.165) is 10.4 Å². The number of sulfonamides is 1. The lowest BCUT2D eigenvalue weighted by Crippen LogP contribution is -2.30. The van der Waals surface area contributed by atoms with E-state index >= 15 is 0 Å². The molecule has 0 aliphatic rings. The molecule has 0 unspecified atom stereocenters. The van der Waals surface area contributed by atoms with Gasteiger partial charge in [0.2, 0.25) is 10.0 Å². The number of thiophene rings is 1. The van der Waals surface area contributed by atoms with Crippen LogP contribution in [0, 0.1) is 0 Å². The molecule has 7 heteroatoms. The van der Waals surface area contributed by atoms with E-state index in [2.05, 4.69) is 15.9 Å². The van der Waals surface area contributed by atoms with Gasteiger partial charge in [-0.2, -0.15) is 4.31 Å². The predicted octanol–water partition coefficient (Wildman–Crippen LogP) is 3.18. The number of halogens is 1. The zero-order valence-corrected chi connectivity index (χ0v) is 14.8.